The van der Waals surface area contributed by atoms with Crippen LogP contribution in [0.25, 0.3) is 0 Å². The van der Waals surface area contributed by atoms with Gasteiger partial charge in [0.15, 0.2) is 5.82 Å². The number of aromatic nitrogens is 2. The Bertz CT molecular complexity index is 909. The first-order chi connectivity index (χ1) is 13.3. The van der Waals surface area contributed by atoms with E-state index in [-0.39, 0.29) is 5.91 Å². The molecule has 0 fully saturated rings. The van der Waals surface area contributed by atoms with Gasteiger partial charge in [-0.3, -0.25) is 4.79 Å². The van der Waals surface area contributed by atoms with Gasteiger partial charge in [-0.05, 0) is 36.5 Å². The van der Waals surface area contributed by atoms with E-state index in [1.807, 2.05) is 24.3 Å². The molecule has 0 atom stereocenters. The van der Waals surface area contributed by atoms with Crippen LogP contribution in [0, 0.1) is 0 Å². The fourth-order valence-electron chi connectivity index (χ4n) is 3.38. The highest BCUT2D eigenvalue weighted by Crippen LogP contribution is 2.32. The molecule has 0 spiro atoms. The average Bonchev–Trinajstić information content (AvgIpc) is 3.16. The standard InChI is InChI=1S/C22H22N4O/c27-22(23-13-6-9-17-7-2-1-3-8-17)19-15-25-21(16-24-19)26-14-12-18-10-4-5-11-20(18)26/h1-5,7-8,10-11,15-16H,6,9,12-14H2,(H,23,27). The number of aryl methyl sites for hydroxylation is 1. The van der Waals surface area contributed by atoms with Gasteiger partial charge in [0.25, 0.3) is 5.91 Å². The Hall–Kier alpha value is -3.21. The smallest absolute Gasteiger partial charge is 0.271 e. The molecular weight excluding hydrogens is 336 g/mol. The quantitative estimate of drug-likeness (QED) is 0.685. The Morgan fingerprint density at radius 3 is 2.63 bits per heavy atom. The fraction of sp³-hybridized carbons (Fsp3) is 0.227. The summed E-state index contributed by atoms with van der Waals surface area (Å²) in [4.78, 5) is 23.2. The Morgan fingerprint density at radius 2 is 1.81 bits per heavy atom. The number of para-hydroxylation sites is 1. The molecule has 0 bridgehead atoms. The normalized spacial score (nSPS) is 12.7. The number of rotatable bonds is 6. The molecule has 3 aromatic rings. The lowest BCUT2D eigenvalue weighted by Gasteiger charge is -2.17. The second-order valence-corrected chi connectivity index (χ2v) is 6.64. The van der Waals surface area contributed by atoms with Gasteiger partial charge in [0.1, 0.15) is 5.69 Å². The van der Waals surface area contributed by atoms with E-state index >= 15 is 0 Å². The minimum atomic E-state index is -0.177. The fourth-order valence-corrected chi connectivity index (χ4v) is 3.38. The lowest BCUT2D eigenvalue weighted by atomic mass is 10.1. The van der Waals surface area contributed by atoms with Gasteiger partial charge in [0.2, 0.25) is 0 Å². The van der Waals surface area contributed by atoms with Gasteiger partial charge in [-0.15, -0.1) is 0 Å². The van der Waals surface area contributed by atoms with Crippen LogP contribution in [-0.2, 0) is 12.8 Å². The van der Waals surface area contributed by atoms with Crippen molar-refractivity contribution in [1.29, 1.82) is 0 Å². The molecule has 0 saturated carbocycles. The molecule has 136 valence electrons. The van der Waals surface area contributed by atoms with E-state index in [2.05, 4.69) is 50.5 Å². The molecule has 1 aromatic heterocycles. The maximum absolute atomic E-state index is 12.3. The van der Waals surface area contributed by atoms with Gasteiger partial charge in [-0.2, -0.15) is 0 Å². The van der Waals surface area contributed by atoms with Crippen molar-refractivity contribution in [3.8, 4) is 0 Å². The van der Waals surface area contributed by atoms with E-state index in [1.165, 1.54) is 16.8 Å². The van der Waals surface area contributed by atoms with Crippen molar-refractivity contribution < 1.29 is 4.79 Å². The average molecular weight is 358 g/mol. The third-order valence-corrected chi connectivity index (χ3v) is 4.81. The van der Waals surface area contributed by atoms with E-state index in [9.17, 15) is 4.79 Å². The van der Waals surface area contributed by atoms with Crippen LogP contribution >= 0.6 is 0 Å². The summed E-state index contributed by atoms with van der Waals surface area (Å²) in [6, 6.07) is 18.6. The van der Waals surface area contributed by atoms with Gasteiger partial charge in [0, 0.05) is 18.8 Å². The lowest BCUT2D eigenvalue weighted by Crippen LogP contribution is -2.26. The maximum atomic E-state index is 12.3. The molecule has 1 aliphatic heterocycles. The molecule has 2 heterocycles. The molecule has 1 N–H and O–H groups in total. The Kier molecular flexibility index (Phi) is 5.10. The lowest BCUT2D eigenvalue weighted by molar-refractivity contribution is 0.0948. The first-order valence-electron chi connectivity index (χ1n) is 9.31. The van der Waals surface area contributed by atoms with E-state index < -0.39 is 0 Å². The molecule has 1 amide bonds. The van der Waals surface area contributed by atoms with Crippen LogP contribution in [0.4, 0.5) is 11.5 Å². The highest BCUT2D eigenvalue weighted by Gasteiger charge is 2.21. The minimum Gasteiger partial charge on any atom is -0.351 e. The van der Waals surface area contributed by atoms with Crippen molar-refractivity contribution in [2.45, 2.75) is 19.3 Å². The Morgan fingerprint density at radius 1 is 1.00 bits per heavy atom. The predicted octanol–water partition coefficient (Wildman–Crippen LogP) is 3.53. The van der Waals surface area contributed by atoms with E-state index in [4.69, 9.17) is 0 Å². The molecule has 1 aliphatic rings. The largest absolute Gasteiger partial charge is 0.351 e. The molecule has 0 unspecified atom stereocenters. The summed E-state index contributed by atoms with van der Waals surface area (Å²) in [5, 5.41) is 2.92. The van der Waals surface area contributed by atoms with Gasteiger partial charge in [-0.25, -0.2) is 9.97 Å². The summed E-state index contributed by atoms with van der Waals surface area (Å²) < 4.78 is 0. The molecule has 2 aromatic carbocycles. The minimum absolute atomic E-state index is 0.177. The van der Waals surface area contributed by atoms with Crippen molar-refractivity contribution in [3.63, 3.8) is 0 Å². The zero-order chi connectivity index (χ0) is 18.5. The Balaban J connectivity index is 1.32. The summed E-state index contributed by atoms with van der Waals surface area (Å²) in [6.45, 7) is 1.51. The summed E-state index contributed by atoms with van der Waals surface area (Å²) in [7, 11) is 0. The molecule has 0 radical (unpaired) electrons. The number of carbonyl (C=O) groups excluding carboxylic acids is 1. The zero-order valence-corrected chi connectivity index (χ0v) is 15.1. The summed E-state index contributed by atoms with van der Waals surface area (Å²) in [5.41, 5.74) is 4.12. The number of nitrogens with one attached hydrogen (secondary N) is 1. The molecule has 0 aliphatic carbocycles. The van der Waals surface area contributed by atoms with Crippen LogP contribution < -0.4 is 10.2 Å². The Labute approximate surface area is 159 Å². The predicted molar refractivity (Wildman–Crippen MR) is 106 cm³/mol. The monoisotopic (exact) mass is 358 g/mol. The number of fused-ring (bicyclic) bond motifs is 1. The van der Waals surface area contributed by atoms with Crippen molar-refractivity contribution in [1.82, 2.24) is 15.3 Å². The number of amides is 1. The van der Waals surface area contributed by atoms with Crippen LogP contribution in [0.1, 0.15) is 28.0 Å². The van der Waals surface area contributed by atoms with Gasteiger partial charge >= 0.3 is 0 Å². The molecule has 5 heteroatoms. The van der Waals surface area contributed by atoms with Gasteiger partial charge in [-0.1, -0.05) is 48.5 Å². The maximum Gasteiger partial charge on any atom is 0.271 e. The molecule has 5 nitrogen and oxygen atoms in total. The highest BCUT2D eigenvalue weighted by molar-refractivity contribution is 5.92. The number of carbonyl (C=O) groups is 1. The zero-order valence-electron chi connectivity index (χ0n) is 15.1. The number of anilines is 2. The first kappa shape index (κ1) is 17.2. The molecule has 0 saturated heterocycles. The van der Waals surface area contributed by atoms with Gasteiger partial charge in [0.05, 0.1) is 12.4 Å². The molecule has 27 heavy (non-hydrogen) atoms. The second-order valence-electron chi connectivity index (χ2n) is 6.64. The van der Waals surface area contributed by atoms with Gasteiger partial charge < -0.3 is 10.2 Å². The van der Waals surface area contributed by atoms with E-state index in [0.29, 0.717) is 12.2 Å². The van der Waals surface area contributed by atoms with E-state index in [1.54, 1.807) is 12.4 Å². The number of hydrogen-bond acceptors (Lipinski definition) is 4. The summed E-state index contributed by atoms with van der Waals surface area (Å²) >= 11 is 0. The third-order valence-electron chi connectivity index (χ3n) is 4.81. The number of nitrogens with zero attached hydrogens (tertiary/aromatic N) is 3. The summed E-state index contributed by atoms with van der Waals surface area (Å²) in [6.07, 6.45) is 6.08. The third kappa shape index (κ3) is 3.97. The van der Waals surface area contributed by atoms with Crippen molar-refractivity contribution in [2.24, 2.45) is 0 Å². The molecular formula is C22H22N4O. The number of hydrogen-bond donors (Lipinski definition) is 1. The van der Waals surface area contributed by atoms with Crippen molar-refractivity contribution >= 4 is 17.4 Å². The first-order valence-corrected chi connectivity index (χ1v) is 9.31. The topological polar surface area (TPSA) is 58.1 Å². The SMILES string of the molecule is O=C(NCCCc1ccccc1)c1cnc(N2CCc3ccccc32)cn1. The molecule has 4 rings (SSSR count). The van der Waals surface area contributed by atoms with Crippen molar-refractivity contribution in [3.05, 3.63) is 83.8 Å². The van der Waals surface area contributed by atoms with Crippen LogP contribution in [0.15, 0.2) is 67.0 Å². The number of benzene rings is 2. The van der Waals surface area contributed by atoms with Crippen LogP contribution in [-0.4, -0.2) is 29.0 Å². The van der Waals surface area contributed by atoms with E-state index in [0.717, 1.165) is 31.6 Å². The summed E-state index contributed by atoms with van der Waals surface area (Å²) in [5.74, 6) is 0.601. The second kappa shape index (κ2) is 7.99. The van der Waals surface area contributed by atoms with Crippen molar-refractivity contribution in [2.75, 3.05) is 18.0 Å². The highest BCUT2D eigenvalue weighted by atomic mass is 16.1. The van der Waals surface area contributed by atoms with Crippen LogP contribution in [0.5, 0.6) is 0 Å². The van der Waals surface area contributed by atoms with Crippen LogP contribution in [0.3, 0.4) is 0 Å². The van der Waals surface area contributed by atoms with Crippen LogP contribution in [0.2, 0.25) is 0 Å².